The first kappa shape index (κ1) is 15.5. The molecule has 0 saturated heterocycles. The number of allylic oxidation sites excluding steroid dienone is 2. The van der Waals surface area contributed by atoms with Crippen LogP contribution in [0, 0.1) is 5.92 Å². The van der Waals surface area contributed by atoms with Gasteiger partial charge in [-0.15, -0.1) is 0 Å². The molecule has 2 N–H and O–H groups in total. The van der Waals surface area contributed by atoms with Gasteiger partial charge in [0.15, 0.2) is 0 Å². The van der Waals surface area contributed by atoms with E-state index in [1.807, 2.05) is 12.2 Å². The summed E-state index contributed by atoms with van der Waals surface area (Å²) < 4.78 is 5.18. The lowest BCUT2D eigenvalue weighted by Crippen LogP contribution is -2.45. The number of alkyl carbamates (subject to hydrolysis) is 1. The average molecular weight is 269 g/mol. The van der Waals surface area contributed by atoms with Gasteiger partial charge in [-0.25, -0.2) is 4.79 Å². The van der Waals surface area contributed by atoms with Crippen LogP contribution in [0.3, 0.4) is 0 Å². The summed E-state index contributed by atoms with van der Waals surface area (Å²) in [4.78, 5) is 23.0. The number of aliphatic carboxylic acids is 1. The van der Waals surface area contributed by atoms with Gasteiger partial charge in [-0.3, -0.25) is 4.79 Å². The summed E-state index contributed by atoms with van der Waals surface area (Å²) in [5.74, 6) is -1.42. The summed E-state index contributed by atoms with van der Waals surface area (Å²) >= 11 is 0. The third kappa shape index (κ3) is 5.77. The van der Waals surface area contributed by atoms with Crippen LogP contribution < -0.4 is 5.32 Å². The van der Waals surface area contributed by atoms with Crippen LogP contribution in [0.1, 0.15) is 46.5 Å². The SMILES string of the molecule is CC(C)(C)OC(=O)N[C@@H]1CCC=CCC[C@@H]1C(=O)O. The largest absolute Gasteiger partial charge is 0.481 e. The molecule has 5 heteroatoms. The fraction of sp³-hybridized carbons (Fsp3) is 0.714. The Morgan fingerprint density at radius 2 is 1.79 bits per heavy atom. The molecule has 0 saturated carbocycles. The number of ether oxygens (including phenoxy) is 1. The molecule has 108 valence electrons. The Morgan fingerprint density at radius 3 is 2.32 bits per heavy atom. The van der Waals surface area contributed by atoms with Gasteiger partial charge < -0.3 is 15.2 Å². The molecule has 1 aliphatic rings. The van der Waals surface area contributed by atoms with Gasteiger partial charge >= 0.3 is 12.1 Å². The van der Waals surface area contributed by atoms with Gasteiger partial charge in [0.05, 0.1) is 5.92 Å². The second-order valence-electron chi connectivity index (χ2n) is 5.82. The lowest BCUT2D eigenvalue weighted by molar-refractivity contribution is -0.143. The van der Waals surface area contributed by atoms with Crippen molar-refractivity contribution in [2.45, 2.75) is 58.1 Å². The number of rotatable bonds is 2. The molecule has 5 nitrogen and oxygen atoms in total. The van der Waals surface area contributed by atoms with Gasteiger partial charge in [-0.2, -0.15) is 0 Å². The van der Waals surface area contributed by atoms with Crippen molar-refractivity contribution in [3.8, 4) is 0 Å². The highest BCUT2D eigenvalue weighted by molar-refractivity contribution is 5.73. The summed E-state index contributed by atoms with van der Waals surface area (Å²) in [7, 11) is 0. The molecule has 0 aromatic carbocycles. The van der Waals surface area contributed by atoms with Crippen LogP contribution in [0.4, 0.5) is 4.79 Å². The van der Waals surface area contributed by atoms with Crippen molar-refractivity contribution in [2.75, 3.05) is 0 Å². The number of carboxylic acids is 1. The first-order valence-electron chi connectivity index (χ1n) is 6.67. The van der Waals surface area contributed by atoms with Gasteiger partial charge in [0.1, 0.15) is 5.60 Å². The van der Waals surface area contributed by atoms with Gasteiger partial charge in [-0.05, 0) is 46.5 Å². The second kappa shape index (κ2) is 6.59. The molecule has 0 aromatic rings. The Labute approximate surface area is 114 Å². The van der Waals surface area contributed by atoms with Gasteiger partial charge in [-0.1, -0.05) is 12.2 Å². The number of carbonyl (C=O) groups is 2. The number of carbonyl (C=O) groups excluding carboxylic acids is 1. The first-order valence-corrected chi connectivity index (χ1v) is 6.67. The van der Waals surface area contributed by atoms with E-state index in [0.29, 0.717) is 12.8 Å². The Morgan fingerprint density at radius 1 is 1.21 bits per heavy atom. The number of carboxylic acid groups (broad SMARTS) is 1. The molecule has 0 heterocycles. The molecule has 1 rings (SSSR count). The van der Waals surface area contributed by atoms with Crippen molar-refractivity contribution >= 4 is 12.1 Å². The van der Waals surface area contributed by atoms with Crippen molar-refractivity contribution < 1.29 is 19.4 Å². The molecule has 19 heavy (non-hydrogen) atoms. The van der Waals surface area contributed by atoms with Crippen LogP contribution in [0.15, 0.2) is 12.2 Å². The van der Waals surface area contributed by atoms with Crippen LogP contribution in [0.2, 0.25) is 0 Å². The van der Waals surface area contributed by atoms with E-state index in [4.69, 9.17) is 4.74 Å². The lowest BCUT2D eigenvalue weighted by Gasteiger charge is -2.27. The maximum atomic E-state index is 11.7. The molecule has 0 fully saturated rings. The Kier molecular flexibility index (Phi) is 5.39. The predicted octanol–water partition coefficient (Wildman–Crippen LogP) is 2.71. The highest BCUT2D eigenvalue weighted by Crippen LogP contribution is 2.20. The molecule has 0 spiro atoms. The number of hydrogen-bond acceptors (Lipinski definition) is 3. The smallest absolute Gasteiger partial charge is 0.407 e. The third-order valence-corrected chi connectivity index (χ3v) is 2.96. The van der Waals surface area contributed by atoms with Crippen LogP contribution in [0.5, 0.6) is 0 Å². The highest BCUT2D eigenvalue weighted by atomic mass is 16.6. The molecule has 2 atom stereocenters. The van der Waals surface area contributed by atoms with E-state index in [0.717, 1.165) is 12.8 Å². The van der Waals surface area contributed by atoms with E-state index in [1.165, 1.54) is 0 Å². The van der Waals surface area contributed by atoms with Crippen molar-refractivity contribution in [3.05, 3.63) is 12.2 Å². The predicted molar refractivity (Wildman–Crippen MR) is 71.9 cm³/mol. The van der Waals surface area contributed by atoms with Crippen LogP contribution in [-0.2, 0) is 9.53 Å². The van der Waals surface area contributed by atoms with E-state index in [-0.39, 0.29) is 6.04 Å². The van der Waals surface area contributed by atoms with Crippen molar-refractivity contribution in [1.82, 2.24) is 5.32 Å². The molecule has 0 bridgehead atoms. The number of nitrogens with one attached hydrogen (secondary N) is 1. The van der Waals surface area contributed by atoms with Crippen LogP contribution in [0.25, 0.3) is 0 Å². The van der Waals surface area contributed by atoms with E-state index < -0.39 is 23.6 Å². The molecule has 1 aliphatic carbocycles. The van der Waals surface area contributed by atoms with E-state index in [9.17, 15) is 14.7 Å². The molecular weight excluding hydrogens is 246 g/mol. The highest BCUT2D eigenvalue weighted by Gasteiger charge is 2.30. The maximum Gasteiger partial charge on any atom is 0.407 e. The minimum Gasteiger partial charge on any atom is -0.481 e. The molecule has 0 radical (unpaired) electrons. The number of amides is 1. The standard InChI is InChI=1S/C14H23NO4/c1-14(2,3)19-13(18)15-11-9-7-5-4-6-8-10(11)12(16)17/h4-5,10-11H,6-9H2,1-3H3,(H,15,18)(H,16,17)/t10-,11+/m0/s1. The van der Waals surface area contributed by atoms with E-state index in [1.54, 1.807) is 20.8 Å². The molecule has 0 aromatic heterocycles. The average Bonchev–Trinajstić information content (AvgIpc) is 2.18. The molecule has 1 amide bonds. The third-order valence-electron chi connectivity index (χ3n) is 2.96. The monoisotopic (exact) mass is 269 g/mol. The van der Waals surface area contributed by atoms with Gasteiger partial charge in [0, 0.05) is 6.04 Å². The van der Waals surface area contributed by atoms with Gasteiger partial charge in [0.2, 0.25) is 0 Å². The molecule has 0 unspecified atom stereocenters. The summed E-state index contributed by atoms with van der Waals surface area (Å²) in [5, 5.41) is 12.0. The summed E-state index contributed by atoms with van der Waals surface area (Å²) in [5.41, 5.74) is -0.579. The Hall–Kier alpha value is -1.52. The van der Waals surface area contributed by atoms with Crippen molar-refractivity contribution in [2.24, 2.45) is 5.92 Å². The fourth-order valence-corrected chi connectivity index (χ4v) is 2.12. The minimum absolute atomic E-state index is 0.378. The summed E-state index contributed by atoms with van der Waals surface area (Å²) in [6, 6.07) is -0.378. The van der Waals surface area contributed by atoms with E-state index >= 15 is 0 Å². The van der Waals surface area contributed by atoms with Gasteiger partial charge in [0.25, 0.3) is 0 Å². The van der Waals surface area contributed by atoms with E-state index in [2.05, 4.69) is 5.32 Å². The topological polar surface area (TPSA) is 75.6 Å². The molecular formula is C14H23NO4. The zero-order valence-corrected chi connectivity index (χ0v) is 11.8. The molecule has 0 aliphatic heterocycles. The quantitative estimate of drug-likeness (QED) is 0.756. The lowest BCUT2D eigenvalue weighted by atomic mass is 9.89. The van der Waals surface area contributed by atoms with Crippen molar-refractivity contribution in [3.63, 3.8) is 0 Å². The summed E-state index contributed by atoms with van der Waals surface area (Å²) in [6.07, 6.45) is 6.13. The normalized spacial score (nSPS) is 24.2. The van der Waals surface area contributed by atoms with Crippen LogP contribution in [-0.4, -0.2) is 28.8 Å². The Balaban J connectivity index is 2.67. The maximum absolute atomic E-state index is 11.7. The zero-order chi connectivity index (χ0) is 14.5. The number of hydrogen-bond donors (Lipinski definition) is 2. The summed E-state index contributed by atoms with van der Waals surface area (Å²) in [6.45, 7) is 5.34. The minimum atomic E-state index is -0.864. The van der Waals surface area contributed by atoms with Crippen molar-refractivity contribution in [1.29, 1.82) is 0 Å². The fourth-order valence-electron chi connectivity index (χ4n) is 2.12. The Bertz CT molecular complexity index is 357. The first-order chi connectivity index (χ1) is 8.79. The second-order valence-corrected chi connectivity index (χ2v) is 5.82. The zero-order valence-electron chi connectivity index (χ0n) is 11.8. The van der Waals surface area contributed by atoms with Crippen LogP contribution >= 0.6 is 0 Å².